The third-order valence-electron chi connectivity index (χ3n) is 6.13. The Bertz CT molecular complexity index is 1410. The van der Waals surface area contributed by atoms with Crippen molar-refractivity contribution in [1.82, 2.24) is 4.98 Å². The van der Waals surface area contributed by atoms with Gasteiger partial charge in [-0.25, -0.2) is 4.79 Å². The summed E-state index contributed by atoms with van der Waals surface area (Å²) in [4.78, 5) is 41.5. The Morgan fingerprint density at radius 3 is 2.47 bits per heavy atom. The molecule has 0 unspecified atom stereocenters. The summed E-state index contributed by atoms with van der Waals surface area (Å²) in [7, 11) is 1.28. The Morgan fingerprint density at radius 1 is 1.03 bits per heavy atom. The van der Waals surface area contributed by atoms with E-state index in [2.05, 4.69) is 10.3 Å². The van der Waals surface area contributed by atoms with Crippen LogP contribution in [0.5, 0.6) is 11.5 Å². The lowest BCUT2D eigenvalue weighted by molar-refractivity contribution is -0.132. The number of nitrogens with one attached hydrogen (secondary N) is 1. The van der Waals surface area contributed by atoms with Crippen LogP contribution < -0.4 is 14.8 Å². The summed E-state index contributed by atoms with van der Waals surface area (Å²) >= 11 is 0. The molecule has 0 atom stereocenters. The molecule has 0 spiro atoms. The number of rotatable bonds is 5. The monoisotopic (exact) mass is 486 g/mol. The van der Waals surface area contributed by atoms with Gasteiger partial charge in [-0.15, -0.1) is 0 Å². The third kappa shape index (κ3) is 4.70. The summed E-state index contributed by atoms with van der Waals surface area (Å²) in [5.74, 6) is -0.327. The maximum Gasteiger partial charge on any atom is 0.339 e. The van der Waals surface area contributed by atoms with E-state index in [1.165, 1.54) is 14.0 Å². The minimum atomic E-state index is -0.580. The molecule has 1 amide bonds. The lowest BCUT2D eigenvalue weighted by atomic mass is 9.94. The van der Waals surface area contributed by atoms with Gasteiger partial charge in [-0.3, -0.25) is 14.6 Å². The van der Waals surface area contributed by atoms with E-state index in [0.717, 1.165) is 22.3 Å². The van der Waals surface area contributed by atoms with Crippen molar-refractivity contribution in [3.63, 3.8) is 0 Å². The maximum atomic E-state index is 13.2. The van der Waals surface area contributed by atoms with Crippen LogP contribution in [0.2, 0.25) is 0 Å². The molecule has 1 aliphatic rings. The van der Waals surface area contributed by atoms with Crippen molar-refractivity contribution in [2.75, 3.05) is 19.0 Å². The molecule has 8 heteroatoms. The first kappa shape index (κ1) is 24.7. The Hall–Kier alpha value is -4.46. The van der Waals surface area contributed by atoms with Gasteiger partial charge in [-0.2, -0.15) is 0 Å². The van der Waals surface area contributed by atoms with Crippen molar-refractivity contribution < 1.29 is 28.6 Å². The van der Waals surface area contributed by atoms with E-state index < -0.39 is 17.8 Å². The van der Waals surface area contributed by atoms with Crippen molar-refractivity contribution in [3.05, 3.63) is 76.1 Å². The molecule has 0 saturated heterocycles. The normalized spacial score (nSPS) is 12.1. The van der Waals surface area contributed by atoms with Crippen molar-refractivity contribution in [2.45, 2.75) is 27.7 Å². The number of fused-ring (bicyclic) bond motifs is 1. The van der Waals surface area contributed by atoms with E-state index in [9.17, 15) is 14.4 Å². The van der Waals surface area contributed by atoms with E-state index in [0.29, 0.717) is 33.9 Å². The molecule has 0 bridgehead atoms. The predicted molar refractivity (Wildman–Crippen MR) is 135 cm³/mol. The van der Waals surface area contributed by atoms with Gasteiger partial charge < -0.3 is 19.5 Å². The molecule has 1 aliphatic heterocycles. The highest BCUT2D eigenvalue weighted by Crippen LogP contribution is 2.41. The van der Waals surface area contributed by atoms with Crippen molar-refractivity contribution in [1.29, 1.82) is 0 Å². The topological polar surface area (TPSA) is 104 Å². The molecule has 36 heavy (non-hydrogen) atoms. The molecule has 1 aromatic heterocycles. The number of methoxy groups -OCH3 is 1. The van der Waals surface area contributed by atoms with E-state index in [4.69, 9.17) is 14.2 Å². The number of hydrogen-bond donors (Lipinski definition) is 1. The Kier molecular flexibility index (Phi) is 6.87. The fourth-order valence-corrected chi connectivity index (χ4v) is 4.12. The number of ether oxygens (including phenoxy) is 3. The van der Waals surface area contributed by atoms with Crippen LogP contribution in [-0.4, -0.2) is 36.5 Å². The average Bonchev–Trinajstić information content (AvgIpc) is 2.89. The average molecular weight is 487 g/mol. The van der Waals surface area contributed by atoms with E-state index >= 15 is 0 Å². The minimum Gasteiger partial charge on any atom is -0.488 e. The minimum absolute atomic E-state index is 0.0484. The first-order valence-corrected chi connectivity index (χ1v) is 11.3. The molecular formula is C28H26N2O6. The van der Waals surface area contributed by atoms with Crippen molar-refractivity contribution in [3.8, 4) is 22.6 Å². The highest BCUT2D eigenvalue weighted by molar-refractivity contribution is 6.10. The lowest BCUT2D eigenvalue weighted by Crippen LogP contribution is -2.23. The number of benzene rings is 2. The highest BCUT2D eigenvalue weighted by atomic mass is 16.5. The summed E-state index contributed by atoms with van der Waals surface area (Å²) < 4.78 is 16.3. The largest absolute Gasteiger partial charge is 0.488 e. The summed E-state index contributed by atoms with van der Waals surface area (Å²) in [6, 6.07) is 8.78. The number of pyridine rings is 1. The van der Waals surface area contributed by atoms with Gasteiger partial charge in [0.05, 0.1) is 23.9 Å². The second kappa shape index (κ2) is 10.0. The zero-order valence-corrected chi connectivity index (χ0v) is 20.7. The maximum absolute atomic E-state index is 13.2. The van der Waals surface area contributed by atoms with Crippen LogP contribution in [0.25, 0.3) is 17.2 Å². The second-order valence-corrected chi connectivity index (χ2v) is 8.45. The van der Waals surface area contributed by atoms with Crippen LogP contribution in [0.3, 0.4) is 0 Å². The molecule has 1 N–H and O–H groups in total. The van der Waals surface area contributed by atoms with Crippen LogP contribution in [0, 0.1) is 20.8 Å². The van der Waals surface area contributed by atoms with Gasteiger partial charge in [0.25, 0.3) is 5.91 Å². The van der Waals surface area contributed by atoms with Crippen LogP contribution in [0.1, 0.15) is 39.5 Å². The van der Waals surface area contributed by atoms with Gasteiger partial charge in [0.1, 0.15) is 18.1 Å². The van der Waals surface area contributed by atoms with Gasteiger partial charge in [0.2, 0.25) is 0 Å². The van der Waals surface area contributed by atoms with E-state index in [1.54, 1.807) is 42.7 Å². The van der Waals surface area contributed by atoms with Crippen LogP contribution >= 0.6 is 0 Å². The number of aromatic nitrogens is 1. The smallest absolute Gasteiger partial charge is 0.339 e. The molecule has 2 heterocycles. The van der Waals surface area contributed by atoms with E-state index in [-0.39, 0.29) is 12.2 Å². The van der Waals surface area contributed by atoms with Gasteiger partial charge in [-0.05, 0) is 61.7 Å². The number of anilines is 1. The molecule has 0 radical (unpaired) electrons. The Morgan fingerprint density at radius 2 is 1.81 bits per heavy atom. The number of amides is 1. The van der Waals surface area contributed by atoms with Crippen molar-refractivity contribution >= 4 is 29.6 Å². The fraction of sp³-hybridized carbons (Fsp3) is 0.214. The molecular weight excluding hydrogens is 460 g/mol. The zero-order valence-electron chi connectivity index (χ0n) is 20.7. The molecule has 4 rings (SSSR count). The summed E-state index contributed by atoms with van der Waals surface area (Å²) in [5, 5.41) is 2.81. The van der Waals surface area contributed by atoms with Crippen molar-refractivity contribution in [2.24, 2.45) is 0 Å². The summed E-state index contributed by atoms with van der Waals surface area (Å²) in [6.45, 7) is 6.95. The van der Waals surface area contributed by atoms with Gasteiger partial charge in [-0.1, -0.05) is 12.1 Å². The van der Waals surface area contributed by atoms with E-state index in [1.807, 2.05) is 26.8 Å². The van der Waals surface area contributed by atoms with Gasteiger partial charge in [0.15, 0.2) is 0 Å². The SMILES string of the molecule is COC(=O)c1cc(-c2cccnc2)ccc1NC(=O)C1=Cc2c(C)c(OC(C)=O)c(C)c(C)c2OC1. The zero-order chi connectivity index (χ0) is 26.0. The fourth-order valence-electron chi connectivity index (χ4n) is 4.12. The van der Waals surface area contributed by atoms with Crippen LogP contribution in [-0.2, 0) is 14.3 Å². The van der Waals surface area contributed by atoms with Crippen LogP contribution in [0.15, 0.2) is 48.3 Å². The number of hydrogen-bond acceptors (Lipinski definition) is 7. The predicted octanol–water partition coefficient (Wildman–Crippen LogP) is 4.80. The number of carbonyl (C=O) groups excluding carboxylic acids is 3. The van der Waals surface area contributed by atoms with Gasteiger partial charge >= 0.3 is 11.9 Å². The molecule has 0 aliphatic carbocycles. The van der Waals surface area contributed by atoms with Crippen LogP contribution in [0.4, 0.5) is 5.69 Å². The number of esters is 2. The molecule has 184 valence electrons. The highest BCUT2D eigenvalue weighted by Gasteiger charge is 2.26. The summed E-state index contributed by atoms with van der Waals surface area (Å²) in [5.41, 5.74) is 5.47. The Balaban J connectivity index is 1.69. The van der Waals surface area contributed by atoms with Gasteiger partial charge in [0, 0.05) is 36.0 Å². The third-order valence-corrected chi connectivity index (χ3v) is 6.13. The first-order chi connectivity index (χ1) is 17.2. The lowest BCUT2D eigenvalue weighted by Gasteiger charge is -2.24. The Labute approximate surface area is 208 Å². The number of carbonyl (C=O) groups is 3. The quantitative estimate of drug-likeness (QED) is 0.408. The number of nitrogens with zero attached hydrogens (tertiary/aromatic N) is 1. The molecule has 0 saturated carbocycles. The standard InChI is InChI=1S/C28H26N2O6/c1-15-16(2)26-22(17(3)25(15)36-18(4)31)12-21(14-35-26)27(32)30-24-9-8-19(11-23(24)28(33)34-5)20-7-6-10-29-13-20/h6-13H,14H2,1-5H3,(H,30,32). The molecule has 3 aromatic rings. The second-order valence-electron chi connectivity index (χ2n) is 8.45. The molecule has 8 nitrogen and oxygen atoms in total. The first-order valence-electron chi connectivity index (χ1n) is 11.3. The molecule has 2 aromatic carbocycles. The molecule has 0 fully saturated rings. The summed E-state index contributed by atoms with van der Waals surface area (Å²) in [6.07, 6.45) is 5.08.